The zero-order chi connectivity index (χ0) is 22.7. The molecule has 0 N–H and O–H groups in total. The SMILES string of the molecule is c1ccc(-c2cc(-c3ccccc3)cc(-c3nc(-c4ccccc4)c4ccccc4n3)c2)cc1. The molecule has 0 bridgehead atoms. The summed E-state index contributed by atoms with van der Waals surface area (Å²) in [5.74, 6) is 0.729. The molecular formula is C32H22N2. The predicted octanol–water partition coefficient (Wildman–Crippen LogP) is 8.30. The van der Waals surface area contributed by atoms with Gasteiger partial charge in [0, 0.05) is 16.5 Å². The first-order valence-corrected chi connectivity index (χ1v) is 11.4. The average Bonchev–Trinajstić information content (AvgIpc) is 2.93. The summed E-state index contributed by atoms with van der Waals surface area (Å²) in [5, 5.41) is 1.06. The number of hydrogen-bond donors (Lipinski definition) is 0. The van der Waals surface area contributed by atoms with Crippen molar-refractivity contribution in [3.8, 4) is 44.9 Å². The van der Waals surface area contributed by atoms with E-state index in [1.807, 2.05) is 30.3 Å². The van der Waals surface area contributed by atoms with Crippen molar-refractivity contribution in [2.45, 2.75) is 0 Å². The Labute approximate surface area is 199 Å². The molecule has 0 aliphatic carbocycles. The summed E-state index contributed by atoms with van der Waals surface area (Å²) in [5.41, 5.74) is 8.62. The Hall–Kier alpha value is -4.56. The molecule has 0 aliphatic rings. The molecule has 0 saturated heterocycles. The van der Waals surface area contributed by atoms with E-state index in [-0.39, 0.29) is 0 Å². The van der Waals surface area contributed by atoms with E-state index in [1.165, 1.54) is 11.1 Å². The maximum atomic E-state index is 5.10. The molecule has 2 heteroatoms. The number of fused-ring (bicyclic) bond motifs is 1. The van der Waals surface area contributed by atoms with Crippen molar-refractivity contribution in [2.75, 3.05) is 0 Å². The molecule has 1 heterocycles. The molecule has 1 aromatic heterocycles. The lowest BCUT2D eigenvalue weighted by Gasteiger charge is -2.13. The predicted molar refractivity (Wildman–Crippen MR) is 141 cm³/mol. The Morgan fingerprint density at radius 1 is 0.353 bits per heavy atom. The second kappa shape index (κ2) is 8.76. The molecule has 0 atom stereocenters. The fourth-order valence-corrected chi connectivity index (χ4v) is 4.37. The molecule has 6 rings (SSSR count). The van der Waals surface area contributed by atoms with Gasteiger partial charge >= 0.3 is 0 Å². The van der Waals surface area contributed by atoms with Gasteiger partial charge in [-0.3, -0.25) is 0 Å². The minimum atomic E-state index is 0.729. The van der Waals surface area contributed by atoms with Crippen molar-refractivity contribution in [3.05, 3.63) is 133 Å². The molecule has 2 nitrogen and oxygen atoms in total. The quantitative estimate of drug-likeness (QED) is 0.279. The molecule has 0 radical (unpaired) electrons. The van der Waals surface area contributed by atoms with E-state index in [0.29, 0.717) is 0 Å². The van der Waals surface area contributed by atoms with Gasteiger partial charge in [0.15, 0.2) is 5.82 Å². The first-order valence-electron chi connectivity index (χ1n) is 11.4. The van der Waals surface area contributed by atoms with Crippen molar-refractivity contribution < 1.29 is 0 Å². The minimum Gasteiger partial charge on any atom is -0.228 e. The summed E-state index contributed by atoms with van der Waals surface area (Å²) >= 11 is 0. The fraction of sp³-hybridized carbons (Fsp3) is 0. The topological polar surface area (TPSA) is 25.8 Å². The molecular weight excluding hydrogens is 412 g/mol. The maximum absolute atomic E-state index is 5.10. The highest BCUT2D eigenvalue weighted by Gasteiger charge is 2.13. The van der Waals surface area contributed by atoms with E-state index < -0.39 is 0 Å². The average molecular weight is 435 g/mol. The molecule has 0 amide bonds. The molecule has 5 aromatic carbocycles. The van der Waals surface area contributed by atoms with Crippen LogP contribution in [-0.4, -0.2) is 9.97 Å². The van der Waals surface area contributed by atoms with E-state index in [2.05, 4.69) is 103 Å². The van der Waals surface area contributed by atoms with Crippen molar-refractivity contribution in [1.82, 2.24) is 9.97 Å². The van der Waals surface area contributed by atoms with Crippen LogP contribution in [0.5, 0.6) is 0 Å². The van der Waals surface area contributed by atoms with E-state index >= 15 is 0 Å². The van der Waals surface area contributed by atoms with Gasteiger partial charge in [-0.15, -0.1) is 0 Å². The minimum absolute atomic E-state index is 0.729. The smallest absolute Gasteiger partial charge is 0.160 e. The zero-order valence-corrected chi connectivity index (χ0v) is 18.6. The van der Waals surface area contributed by atoms with Crippen molar-refractivity contribution in [1.29, 1.82) is 0 Å². The van der Waals surface area contributed by atoms with E-state index in [0.717, 1.165) is 44.7 Å². The monoisotopic (exact) mass is 434 g/mol. The number of rotatable bonds is 4. The molecule has 0 unspecified atom stereocenters. The van der Waals surface area contributed by atoms with Gasteiger partial charge in [-0.05, 0) is 46.5 Å². The van der Waals surface area contributed by atoms with E-state index in [9.17, 15) is 0 Å². The van der Waals surface area contributed by atoms with Crippen LogP contribution in [0.2, 0.25) is 0 Å². The van der Waals surface area contributed by atoms with Gasteiger partial charge in [-0.1, -0.05) is 109 Å². The third-order valence-corrected chi connectivity index (χ3v) is 6.06. The zero-order valence-electron chi connectivity index (χ0n) is 18.6. The van der Waals surface area contributed by atoms with Crippen LogP contribution in [-0.2, 0) is 0 Å². The van der Waals surface area contributed by atoms with Gasteiger partial charge in [-0.2, -0.15) is 0 Å². The van der Waals surface area contributed by atoms with Crippen LogP contribution in [0.1, 0.15) is 0 Å². The summed E-state index contributed by atoms with van der Waals surface area (Å²) in [6, 6.07) is 46.2. The van der Waals surface area contributed by atoms with Gasteiger partial charge in [0.05, 0.1) is 11.2 Å². The van der Waals surface area contributed by atoms with Gasteiger partial charge < -0.3 is 0 Å². The molecule has 160 valence electrons. The summed E-state index contributed by atoms with van der Waals surface area (Å²) in [6.45, 7) is 0. The fourth-order valence-electron chi connectivity index (χ4n) is 4.37. The second-order valence-corrected chi connectivity index (χ2v) is 8.31. The van der Waals surface area contributed by atoms with Crippen LogP contribution in [0.3, 0.4) is 0 Å². The maximum Gasteiger partial charge on any atom is 0.160 e. The Balaban J connectivity index is 1.61. The van der Waals surface area contributed by atoms with Crippen LogP contribution in [0.15, 0.2) is 133 Å². The Kier molecular flexibility index (Phi) is 5.17. The summed E-state index contributed by atoms with van der Waals surface area (Å²) < 4.78 is 0. The normalized spacial score (nSPS) is 10.9. The van der Waals surface area contributed by atoms with Gasteiger partial charge in [0.2, 0.25) is 0 Å². The van der Waals surface area contributed by atoms with E-state index in [4.69, 9.17) is 9.97 Å². The van der Waals surface area contributed by atoms with Crippen molar-refractivity contribution >= 4 is 10.9 Å². The molecule has 0 fully saturated rings. The summed E-state index contributed by atoms with van der Waals surface area (Å²) in [4.78, 5) is 10.1. The summed E-state index contributed by atoms with van der Waals surface area (Å²) in [6.07, 6.45) is 0. The Bertz CT molecular complexity index is 1520. The second-order valence-electron chi connectivity index (χ2n) is 8.31. The highest BCUT2D eigenvalue weighted by Crippen LogP contribution is 2.34. The van der Waals surface area contributed by atoms with E-state index in [1.54, 1.807) is 0 Å². The lowest BCUT2D eigenvalue weighted by molar-refractivity contribution is 1.23. The largest absolute Gasteiger partial charge is 0.228 e. The Morgan fingerprint density at radius 2 is 0.824 bits per heavy atom. The standard InChI is InChI=1S/C32H22N2/c1-4-12-23(13-5-1)26-20-27(24-14-6-2-7-15-24)22-28(21-26)32-33-30-19-11-10-18-29(30)31(34-32)25-16-8-3-9-17-25/h1-22H. The van der Waals surface area contributed by atoms with Crippen LogP contribution >= 0.6 is 0 Å². The van der Waals surface area contributed by atoms with Gasteiger partial charge in [0.25, 0.3) is 0 Å². The number of para-hydroxylation sites is 1. The van der Waals surface area contributed by atoms with Crippen LogP contribution < -0.4 is 0 Å². The number of benzene rings is 5. The first kappa shape index (κ1) is 20.1. The molecule has 0 saturated carbocycles. The molecule has 0 spiro atoms. The van der Waals surface area contributed by atoms with Crippen molar-refractivity contribution in [2.24, 2.45) is 0 Å². The first-order chi connectivity index (χ1) is 16.8. The van der Waals surface area contributed by atoms with Crippen LogP contribution in [0, 0.1) is 0 Å². The van der Waals surface area contributed by atoms with Crippen molar-refractivity contribution in [3.63, 3.8) is 0 Å². The molecule has 34 heavy (non-hydrogen) atoms. The third-order valence-electron chi connectivity index (χ3n) is 6.06. The molecule has 0 aliphatic heterocycles. The van der Waals surface area contributed by atoms with Gasteiger partial charge in [0.1, 0.15) is 0 Å². The number of aromatic nitrogens is 2. The lowest BCUT2D eigenvalue weighted by atomic mass is 9.95. The van der Waals surface area contributed by atoms with Crippen LogP contribution in [0.4, 0.5) is 0 Å². The number of nitrogens with zero attached hydrogens (tertiary/aromatic N) is 2. The lowest BCUT2D eigenvalue weighted by Crippen LogP contribution is -1.96. The summed E-state index contributed by atoms with van der Waals surface area (Å²) in [7, 11) is 0. The molecule has 6 aromatic rings. The highest BCUT2D eigenvalue weighted by molar-refractivity contribution is 5.94. The number of hydrogen-bond acceptors (Lipinski definition) is 2. The van der Waals surface area contributed by atoms with Gasteiger partial charge in [-0.25, -0.2) is 9.97 Å². The Morgan fingerprint density at radius 3 is 1.41 bits per heavy atom. The highest BCUT2D eigenvalue weighted by atomic mass is 14.9. The van der Waals surface area contributed by atoms with Crippen LogP contribution in [0.25, 0.3) is 55.8 Å². The third kappa shape index (κ3) is 3.87.